The number of nitrogens with zero attached hydrogens (tertiary/aromatic N) is 3. The van der Waals surface area contributed by atoms with E-state index in [1.54, 1.807) is 0 Å². The van der Waals surface area contributed by atoms with Crippen molar-refractivity contribution in [3.63, 3.8) is 0 Å². The molecule has 3 rings (SSSR count). The maximum absolute atomic E-state index is 4.49. The van der Waals surface area contributed by atoms with Crippen molar-refractivity contribution in [2.75, 3.05) is 18.0 Å². The molecule has 1 atom stereocenters. The third-order valence-electron chi connectivity index (χ3n) is 3.91. The largest absolute Gasteiger partial charge is 0.365 e. The average molecular weight is 270 g/mol. The molecule has 4 heteroatoms. The second-order valence-electron chi connectivity index (χ2n) is 5.36. The highest BCUT2D eigenvalue weighted by Crippen LogP contribution is 2.34. The van der Waals surface area contributed by atoms with Crippen LogP contribution < -0.4 is 10.2 Å². The van der Waals surface area contributed by atoms with E-state index in [0.717, 1.165) is 31.7 Å². The van der Waals surface area contributed by atoms with Crippen molar-refractivity contribution >= 4 is 5.69 Å². The fourth-order valence-electron chi connectivity index (χ4n) is 3.00. The summed E-state index contributed by atoms with van der Waals surface area (Å²) < 4.78 is 1.87. The number of rotatable bonds is 4. The predicted octanol–water partition coefficient (Wildman–Crippen LogP) is 2.48. The summed E-state index contributed by atoms with van der Waals surface area (Å²) >= 11 is 0. The molecule has 1 aliphatic heterocycles. The lowest BCUT2D eigenvalue weighted by Gasteiger charge is -2.35. The molecule has 0 saturated carbocycles. The zero-order chi connectivity index (χ0) is 13.9. The molecule has 0 fully saturated rings. The molecular weight excluding hydrogens is 248 g/mol. The van der Waals surface area contributed by atoms with E-state index in [2.05, 4.69) is 52.6 Å². The van der Waals surface area contributed by atoms with Gasteiger partial charge in [-0.1, -0.05) is 25.1 Å². The van der Waals surface area contributed by atoms with E-state index in [4.69, 9.17) is 0 Å². The van der Waals surface area contributed by atoms with Crippen LogP contribution in [-0.4, -0.2) is 22.9 Å². The Bertz CT molecular complexity index is 575. The summed E-state index contributed by atoms with van der Waals surface area (Å²) in [6.07, 6.45) is 3.16. The van der Waals surface area contributed by atoms with Crippen LogP contribution in [0, 0.1) is 0 Å². The van der Waals surface area contributed by atoms with E-state index in [1.807, 2.05) is 17.9 Å². The van der Waals surface area contributed by atoms with E-state index < -0.39 is 0 Å². The minimum Gasteiger partial charge on any atom is -0.365 e. The minimum absolute atomic E-state index is 0.483. The molecule has 0 spiro atoms. The zero-order valence-corrected chi connectivity index (χ0v) is 12.2. The van der Waals surface area contributed by atoms with E-state index >= 15 is 0 Å². The lowest BCUT2D eigenvalue weighted by atomic mass is 9.96. The minimum atomic E-state index is 0.483. The number of benzene rings is 1. The first-order chi connectivity index (χ1) is 9.78. The monoisotopic (exact) mass is 270 g/mol. The molecular formula is C16H22N4. The quantitative estimate of drug-likeness (QED) is 0.926. The second kappa shape index (κ2) is 5.67. The summed E-state index contributed by atoms with van der Waals surface area (Å²) in [5.74, 6) is 0. The fraction of sp³-hybridized carbons (Fsp3) is 0.438. The summed E-state index contributed by atoms with van der Waals surface area (Å²) in [5, 5.41) is 8.08. The van der Waals surface area contributed by atoms with Gasteiger partial charge in [0.15, 0.2) is 0 Å². The van der Waals surface area contributed by atoms with Crippen molar-refractivity contribution in [3.05, 3.63) is 47.8 Å². The van der Waals surface area contributed by atoms with Crippen LogP contribution in [-0.2, 0) is 13.6 Å². The Morgan fingerprint density at radius 2 is 2.15 bits per heavy atom. The molecule has 4 nitrogen and oxygen atoms in total. The molecule has 0 bridgehead atoms. The number of hydrogen-bond acceptors (Lipinski definition) is 3. The molecule has 1 N–H and O–H groups in total. The Morgan fingerprint density at radius 3 is 2.90 bits per heavy atom. The van der Waals surface area contributed by atoms with Gasteiger partial charge < -0.3 is 10.2 Å². The summed E-state index contributed by atoms with van der Waals surface area (Å²) in [7, 11) is 1.97. The van der Waals surface area contributed by atoms with Crippen molar-refractivity contribution < 1.29 is 0 Å². The highest BCUT2D eigenvalue weighted by molar-refractivity contribution is 5.57. The standard InChI is InChI=1S/C16H22N4/c1-3-17-15-9-11-20(12-13-8-10-19(2)18-13)16-7-5-4-6-14(15)16/h4-8,10,15,17H,3,9,11-12H2,1-2H3. The molecule has 1 aromatic heterocycles. The van der Waals surface area contributed by atoms with Gasteiger partial charge >= 0.3 is 0 Å². The molecule has 0 aliphatic carbocycles. The van der Waals surface area contributed by atoms with Crippen LogP contribution in [0.1, 0.15) is 30.6 Å². The molecule has 1 aromatic carbocycles. The molecule has 1 unspecified atom stereocenters. The molecule has 2 heterocycles. The van der Waals surface area contributed by atoms with Crippen LogP contribution in [0.3, 0.4) is 0 Å². The Hall–Kier alpha value is -1.81. The van der Waals surface area contributed by atoms with Crippen molar-refractivity contribution in [3.8, 4) is 0 Å². The van der Waals surface area contributed by atoms with Crippen LogP contribution in [0.25, 0.3) is 0 Å². The van der Waals surface area contributed by atoms with Gasteiger partial charge in [-0.25, -0.2) is 0 Å². The van der Waals surface area contributed by atoms with E-state index in [0.29, 0.717) is 6.04 Å². The van der Waals surface area contributed by atoms with Crippen molar-refractivity contribution in [1.82, 2.24) is 15.1 Å². The van der Waals surface area contributed by atoms with Crippen molar-refractivity contribution in [1.29, 1.82) is 0 Å². The number of para-hydroxylation sites is 1. The summed E-state index contributed by atoms with van der Waals surface area (Å²) in [6, 6.07) is 11.3. The fourth-order valence-corrected chi connectivity index (χ4v) is 3.00. The third kappa shape index (κ3) is 2.56. The van der Waals surface area contributed by atoms with E-state index in [-0.39, 0.29) is 0 Å². The number of hydrogen-bond donors (Lipinski definition) is 1. The van der Waals surface area contributed by atoms with Crippen LogP contribution >= 0.6 is 0 Å². The second-order valence-corrected chi connectivity index (χ2v) is 5.36. The van der Waals surface area contributed by atoms with Gasteiger partial charge in [-0.3, -0.25) is 4.68 Å². The van der Waals surface area contributed by atoms with Crippen LogP contribution in [0.2, 0.25) is 0 Å². The molecule has 2 aromatic rings. The predicted molar refractivity (Wildman–Crippen MR) is 81.7 cm³/mol. The lowest BCUT2D eigenvalue weighted by Crippen LogP contribution is -2.35. The first-order valence-corrected chi connectivity index (χ1v) is 7.33. The topological polar surface area (TPSA) is 33.1 Å². The number of nitrogens with one attached hydrogen (secondary N) is 1. The van der Waals surface area contributed by atoms with E-state index in [1.165, 1.54) is 11.3 Å². The average Bonchev–Trinajstić information content (AvgIpc) is 2.87. The number of aromatic nitrogens is 2. The Kier molecular flexibility index (Phi) is 3.74. The number of aryl methyl sites for hydroxylation is 1. The van der Waals surface area contributed by atoms with Gasteiger partial charge in [0.2, 0.25) is 0 Å². The molecule has 20 heavy (non-hydrogen) atoms. The zero-order valence-electron chi connectivity index (χ0n) is 12.2. The highest BCUT2D eigenvalue weighted by Gasteiger charge is 2.24. The summed E-state index contributed by atoms with van der Waals surface area (Å²) in [6.45, 7) is 5.14. The Balaban J connectivity index is 1.84. The molecule has 0 saturated heterocycles. The van der Waals surface area contributed by atoms with Gasteiger partial charge in [0.25, 0.3) is 0 Å². The van der Waals surface area contributed by atoms with E-state index in [9.17, 15) is 0 Å². The van der Waals surface area contributed by atoms with Crippen LogP contribution in [0.5, 0.6) is 0 Å². The van der Waals surface area contributed by atoms with Crippen LogP contribution in [0.15, 0.2) is 36.5 Å². The molecule has 106 valence electrons. The van der Waals surface area contributed by atoms with Crippen molar-refractivity contribution in [2.24, 2.45) is 7.05 Å². The molecule has 1 aliphatic rings. The Labute approximate surface area is 120 Å². The van der Waals surface area contributed by atoms with Gasteiger partial charge in [0, 0.05) is 31.5 Å². The Morgan fingerprint density at radius 1 is 1.30 bits per heavy atom. The number of fused-ring (bicyclic) bond motifs is 1. The first kappa shape index (κ1) is 13.2. The highest BCUT2D eigenvalue weighted by atomic mass is 15.3. The van der Waals surface area contributed by atoms with Gasteiger partial charge in [0.05, 0.1) is 12.2 Å². The summed E-state index contributed by atoms with van der Waals surface area (Å²) in [5.41, 5.74) is 3.89. The van der Waals surface area contributed by atoms with Crippen molar-refractivity contribution in [2.45, 2.75) is 25.9 Å². The molecule has 0 amide bonds. The normalized spacial score (nSPS) is 18.1. The van der Waals surface area contributed by atoms with Gasteiger partial charge in [-0.05, 0) is 30.7 Å². The smallest absolute Gasteiger partial charge is 0.0817 e. The lowest BCUT2D eigenvalue weighted by molar-refractivity contribution is 0.488. The first-order valence-electron chi connectivity index (χ1n) is 7.33. The SMILES string of the molecule is CCNC1CCN(Cc2ccn(C)n2)c2ccccc21. The number of anilines is 1. The molecule has 0 radical (unpaired) electrons. The summed E-state index contributed by atoms with van der Waals surface area (Å²) in [4.78, 5) is 2.44. The maximum Gasteiger partial charge on any atom is 0.0817 e. The van der Waals surface area contributed by atoms with Gasteiger partial charge in [0.1, 0.15) is 0 Å². The van der Waals surface area contributed by atoms with Crippen LogP contribution in [0.4, 0.5) is 5.69 Å². The maximum atomic E-state index is 4.49. The van der Waals surface area contributed by atoms with Gasteiger partial charge in [-0.15, -0.1) is 0 Å². The third-order valence-corrected chi connectivity index (χ3v) is 3.91. The van der Waals surface area contributed by atoms with Gasteiger partial charge in [-0.2, -0.15) is 5.10 Å².